The molecule has 0 heterocycles. The molecule has 10 nitrogen and oxygen atoms in total. The monoisotopic (exact) mass is 395 g/mol. The summed E-state index contributed by atoms with van der Waals surface area (Å²) < 4.78 is 5.07. The fraction of sp³-hybridized carbons (Fsp3) is 0.444. The van der Waals surface area contributed by atoms with E-state index in [4.69, 9.17) is 15.6 Å². The third kappa shape index (κ3) is 7.62. The lowest BCUT2D eigenvalue weighted by molar-refractivity contribution is -0.117. The predicted octanol–water partition coefficient (Wildman–Crippen LogP) is 1.65. The van der Waals surface area contributed by atoms with Gasteiger partial charge in [-0.2, -0.15) is 0 Å². The molecular weight excluding hydrogens is 370 g/mol. The van der Waals surface area contributed by atoms with Crippen LogP contribution in [0.3, 0.4) is 0 Å². The van der Waals surface area contributed by atoms with E-state index in [1.807, 2.05) is 0 Å². The number of carboxylic acids is 2. The molecule has 0 spiro atoms. The zero-order chi connectivity index (χ0) is 21.5. The van der Waals surface area contributed by atoms with Gasteiger partial charge in [0, 0.05) is 6.54 Å². The van der Waals surface area contributed by atoms with Crippen LogP contribution in [-0.2, 0) is 9.53 Å². The second kappa shape index (κ2) is 9.70. The highest BCUT2D eigenvalue weighted by molar-refractivity contribution is 6.03. The molecule has 154 valence electrons. The minimum absolute atomic E-state index is 0.153. The number of anilines is 1. The molecule has 1 atom stereocenters. The van der Waals surface area contributed by atoms with Gasteiger partial charge in [-0.1, -0.05) is 0 Å². The number of hydrogen-bond acceptors (Lipinski definition) is 6. The summed E-state index contributed by atoms with van der Waals surface area (Å²) in [5.41, 5.74) is 4.59. The van der Waals surface area contributed by atoms with Crippen molar-refractivity contribution in [3.8, 4) is 0 Å². The van der Waals surface area contributed by atoms with Gasteiger partial charge in [0.25, 0.3) is 0 Å². The molecule has 0 saturated heterocycles. The zero-order valence-electron chi connectivity index (χ0n) is 15.9. The molecule has 1 aromatic rings. The van der Waals surface area contributed by atoms with Crippen LogP contribution in [0.5, 0.6) is 0 Å². The van der Waals surface area contributed by atoms with Crippen molar-refractivity contribution in [3.05, 3.63) is 29.3 Å². The predicted molar refractivity (Wildman–Crippen MR) is 100 cm³/mol. The van der Waals surface area contributed by atoms with Gasteiger partial charge < -0.3 is 31.3 Å². The van der Waals surface area contributed by atoms with Crippen LogP contribution in [0.4, 0.5) is 10.5 Å². The van der Waals surface area contributed by atoms with E-state index in [1.54, 1.807) is 20.8 Å². The molecule has 0 aliphatic rings. The second-order valence-corrected chi connectivity index (χ2v) is 7.04. The Labute approximate surface area is 162 Å². The molecule has 0 aliphatic heterocycles. The van der Waals surface area contributed by atoms with Crippen molar-refractivity contribution in [2.75, 3.05) is 11.9 Å². The summed E-state index contributed by atoms with van der Waals surface area (Å²) in [6, 6.07) is 2.30. The van der Waals surface area contributed by atoms with Crippen molar-refractivity contribution in [1.82, 2.24) is 5.32 Å². The largest absolute Gasteiger partial charge is 0.478 e. The Balaban J connectivity index is 2.61. The first-order chi connectivity index (χ1) is 12.9. The van der Waals surface area contributed by atoms with E-state index in [0.29, 0.717) is 6.42 Å². The summed E-state index contributed by atoms with van der Waals surface area (Å²) in [4.78, 5) is 46.0. The number of aromatic carboxylic acids is 2. The average molecular weight is 395 g/mol. The minimum Gasteiger partial charge on any atom is -0.478 e. The van der Waals surface area contributed by atoms with Crippen LogP contribution < -0.4 is 16.4 Å². The number of amides is 2. The topological polar surface area (TPSA) is 168 Å². The standard InChI is InChI=1S/C18H25N3O7/c1-18(2,3)28-17(27)20-8-4-5-12(19)14(22)21-13-9-10(15(23)24)6-7-11(13)16(25)26/h6-7,9,12H,4-5,8,19H2,1-3H3,(H,20,27)(H,21,22)(H,23,24)(H,25,26). The van der Waals surface area contributed by atoms with E-state index in [-0.39, 0.29) is 29.8 Å². The zero-order valence-corrected chi connectivity index (χ0v) is 15.9. The second-order valence-electron chi connectivity index (χ2n) is 7.04. The number of nitrogens with one attached hydrogen (secondary N) is 2. The lowest BCUT2D eigenvalue weighted by Gasteiger charge is -2.19. The van der Waals surface area contributed by atoms with Crippen LogP contribution in [0.15, 0.2) is 18.2 Å². The Kier molecular flexibility index (Phi) is 7.93. The fourth-order valence-corrected chi connectivity index (χ4v) is 2.15. The normalized spacial score (nSPS) is 12.0. The summed E-state index contributed by atoms with van der Waals surface area (Å²) in [5, 5.41) is 23.1. The van der Waals surface area contributed by atoms with E-state index < -0.39 is 35.6 Å². The van der Waals surface area contributed by atoms with Gasteiger partial charge in [-0.05, 0) is 51.8 Å². The van der Waals surface area contributed by atoms with Crippen molar-refractivity contribution in [1.29, 1.82) is 0 Å². The SMILES string of the molecule is CC(C)(C)OC(=O)NCCCC(N)C(=O)Nc1cc(C(=O)O)ccc1C(=O)O. The number of hydrogen-bond donors (Lipinski definition) is 5. The molecule has 10 heteroatoms. The maximum atomic E-state index is 12.2. The third-order valence-electron chi connectivity index (χ3n) is 3.45. The molecule has 2 amide bonds. The number of carbonyl (C=O) groups is 4. The molecule has 6 N–H and O–H groups in total. The lowest BCUT2D eigenvalue weighted by Crippen LogP contribution is -2.37. The molecule has 0 aromatic heterocycles. The molecule has 1 rings (SSSR count). The molecule has 28 heavy (non-hydrogen) atoms. The Morgan fingerprint density at radius 2 is 1.79 bits per heavy atom. The first-order valence-corrected chi connectivity index (χ1v) is 8.54. The smallest absolute Gasteiger partial charge is 0.407 e. The molecule has 0 bridgehead atoms. The van der Waals surface area contributed by atoms with E-state index in [2.05, 4.69) is 10.6 Å². The first kappa shape index (κ1) is 22.9. The summed E-state index contributed by atoms with van der Waals surface area (Å²) in [6.07, 6.45) is 0.0133. The van der Waals surface area contributed by atoms with Gasteiger partial charge in [0.1, 0.15) is 5.60 Å². The van der Waals surface area contributed by atoms with Crippen molar-refractivity contribution < 1.29 is 34.1 Å². The highest BCUT2D eigenvalue weighted by atomic mass is 16.6. The Bertz CT molecular complexity index is 756. The fourth-order valence-electron chi connectivity index (χ4n) is 2.15. The van der Waals surface area contributed by atoms with Crippen LogP contribution in [-0.4, -0.2) is 52.3 Å². The van der Waals surface area contributed by atoms with Crippen molar-refractivity contribution in [3.63, 3.8) is 0 Å². The van der Waals surface area contributed by atoms with Gasteiger partial charge in [-0.15, -0.1) is 0 Å². The molecule has 1 aromatic carbocycles. The number of ether oxygens (including phenoxy) is 1. The summed E-state index contributed by atoms with van der Waals surface area (Å²) in [5.74, 6) is -3.24. The van der Waals surface area contributed by atoms with Gasteiger partial charge >= 0.3 is 18.0 Å². The number of nitrogens with two attached hydrogens (primary N) is 1. The third-order valence-corrected chi connectivity index (χ3v) is 3.45. The first-order valence-electron chi connectivity index (χ1n) is 8.54. The molecule has 0 saturated carbocycles. The summed E-state index contributed by atoms with van der Waals surface area (Å²) in [7, 11) is 0. The molecule has 0 aliphatic carbocycles. The number of alkyl carbamates (subject to hydrolysis) is 1. The minimum atomic E-state index is -1.32. The van der Waals surface area contributed by atoms with E-state index in [1.165, 1.54) is 0 Å². The van der Waals surface area contributed by atoms with E-state index in [0.717, 1.165) is 18.2 Å². The molecule has 0 radical (unpaired) electrons. The highest BCUT2D eigenvalue weighted by Gasteiger charge is 2.19. The van der Waals surface area contributed by atoms with Crippen LogP contribution in [0.2, 0.25) is 0 Å². The van der Waals surface area contributed by atoms with Crippen molar-refractivity contribution in [2.45, 2.75) is 45.3 Å². The summed E-state index contributed by atoms with van der Waals surface area (Å²) in [6.45, 7) is 5.44. The number of carbonyl (C=O) groups excluding carboxylic acids is 2. The van der Waals surface area contributed by atoms with Crippen LogP contribution >= 0.6 is 0 Å². The van der Waals surface area contributed by atoms with Crippen molar-refractivity contribution >= 4 is 29.6 Å². The van der Waals surface area contributed by atoms with Gasteiger partial charge in [0.15, 0.2) is 0 Å². The van der Waals surface area contributed by atoms with E-state index >= 15 is 0 Å². The lowest BCUT2D eigenvalue weighted by atomic mass is 10.1. The maximum Gasteiger partial charge on any atom is 0.407 e. The number of rotatable bonds is 8. The molecule has 0 fully saturated rings. The highest BCUT2D eigenvalue weighted by Crippen LogP contribution is 2.19. The van der Waals surface area contributed by atoms with Gasteiger partial charge in [-0.25, -0.2) is 14.4 Å². The molecular formula is C18H25N3O7. The Morgan fingerprint density at radius 1 is 1.14 bits per heavy atom. The molecule has 1 unspecified atom stereocenters. The quantitative estimate of drug-likeness (QED) is 0.414. The van der Waals surface area contributed by atoms with Gasteiger partial charge in [0.05, 0.1) is 22.9 Å². The van der Waals surface area contributed by atoms with Crippen LogP contribution in [0.25, 0.3) is 0 Å². The van der Waals surface area contributed by atoms with Gasteiger partial charge in [0.2, 0.25) is 5.91 Å². The average Bonchev–Trinajstić information content (AvgIpc) is 2.56. The number of carboxylic acid groups (broad SMARTS) is 2. The Morgan fingerprint density at radius 3 is 2.32 bits per heavy atom. The number of benzene rings is 1. The van der Waals surface area contributed by atoms with Gasteiger partial charge in [-0.3, -0.25) is 4.79 Å². The van der Waals surface area contributed by atoms with E-state index in [9.17, 15) is 24.3 Å². The van der Waals surface area contributed by atoms with Crippen LogP contribution in [0, 0.1) is 0 Å². The van der Waals surface area contributed by atoms with Crippen molar-refractivity contribution in [2.24, 2.45) is 5.73 Å². The van der Waals surface area contributed by atoms with Crippen LogP contribution in [0.1, 0.15) is 54.3 Å². The Hall–Kier alpha value is -3.14. The summed E-state index contributed by atoms with van der Waals surface area (Å²) >= 11 is 0. The maximum absolute atomic E-state index is 12.2.